The van der Waals surface area contributed by atoms with E-state index >= 15 is 0 Å². The number of nitrogens with two attached hydrogens (primary N) is 1. The molecule has 22 heavy (non-hydrogen) atoms. The summed E-state index contributed by atoms with van der Waals surface area (Å²) in [6.07, 6.45) is 3.54. The molecule has 0 aromatic carbocycles. The van der Waals surface area contributed by atoms with Crippen molar-refractivity contribution in [3.8, 4) is 0 Å². The fourth-order valence-electron chi connectivity index (χ4n) is 4.86. The third-order valence-corrected chi connectivity index (χ3v) is 6.55. The molecule has 3 N–H and O–H groups in total. The molecule has 5 nitrogen and oxygen atoms in total. The number of carbonyl (C=O) groups is 1. The zero-order chi connectivity index (χ0) is 16.1. The molecule has 5 heteroatoms. The predicted octanol–water partition coefficient (Wildman–Crippen LogP) is 1.14. The second kappa shape index (κ2) is 5.46. The average Bonchev–Trinajstić information content (AvgIpc) is 2.53. The molecular formula is C17H30N2O3. The van der Waals surface area contributed by atoms with Crippen LogP contribution in [0, 0.1) is 17.3 Å². The van der Waals surface area contributed by atoms with Crippen LogP contribution in [0.5, 0.6) is 0 Å². The predicted molar refractivity (Wildman–Crippen MR) is 84.1 cm³/mol. The molecule has 1 aliphatic carbocycles. The number of fused-ring (bicyclic) bond motifs is 1. The van der Waals surface area contributed by atoms with Gasteiger partial charge >= 0.3 is 0 Å². The summed E-state index contributed by atoms with van der Waals surface area (Å²) in [4.78, 5) is 15.1. The van der Waals surface area contributed by atoms with Crippen molar-refractivity contribution >= 4 is 5.91 Å². The summed E-state index contributed by atoms with van der Waals surface area (Å²) in [6, 6.07) is 0. The van der Waals surface area contributed by atoms with Gasteiger partial charge in [0.2, 0.25) is 5.91 Å². The smallest absolute Gasteiger partial charge is 0.243 e. The number of amides is 1. The fourth-order valence-corrected chi connectivity index (χ4v) is 4.86. The van der Waals surface area contributed by atoms with Crippen LogP contribution in [0.25, 0.3) is 0 Å². The maximum atomic E-state index is 13.1. The summed E-state index contributed by atoms with van der Waals surface area (Å²) >= 11 is 0. The first-order valence-corrected chi connectivity index (χ1v) is 8.68. The van der Waals surface area contributed by atoms with Gasteiger partial charge in [0.1, 0.15) is 5.54 Å². The minimum absolute atomic E-state index is 0.0910. The van der Waals surface area contributed by atoms with Crippen LogP contribution >= 0.6 is 0 Å². The zero-order valence-corrected chi connectivity index (χ0v) is 14.0. The normalized spacial score (nSPS) is 39.8. The third-order valence-electron chi connectivity index (χ3n) is 6.55. The van der Waals surface area contributed by atoms with Crippen LogP contribution < -0.4 is 5.73 Å². The molecule has 0 aromatic heterocycles. The number of ether oxygens (including phenoxy) is 1. The number of piperidine rings is 1. The van der Waals surface area contributed by atoms with Crippen LogP contribution in [0.2, 0.25) is 0 Å². The van der Waals surface area contributed by atoms with Gasteiger partial charge in [0.05, 0.1) is 12.2 Å². The van der Waals surface area contributed by atoms with Gasteiger partial charge in [0.15, 0.2) is 0 Å². The van der Waals surface area contributed by atoms with Crippen LogP contribution in [0.15, 0.2) is 0 Å². The Morgan fingerprint density at radius 2 is 1.95 bits per heavy atom. The van der Waals surface area contributed by atoms with Crippen molar-refractivity contribution in [2.45, 2.75) is 64.2 Å². The number of rotatable bonds is 2. The molecule has 3 fully saturated rings. The van der Waals surface area contributed by atoms with Crippen molar-refractivity contribution < 1.29 is 14.6 Å². The Balaban J connectivity index is 1.72. The van der Waals surface area contributed by atoms with Crippen LogP contribution in [-0.2, 0) is 9.53 Å². The Morgan fingerprint density at radius 1 is 1.32 bits per heavy atom. The maximum absolute atomic E-state index is 13.1. The van der Waals surface area contributed by atoms with E-state index in [4.69, 9.17) is 10.5 Å². The summed E-state index contributed by atoms with van der Waals surface area (Å²) < 4.78 is 5.89. The first-order valence-electron chi connectivity index (χ1n) is 8.68. The van der Waals surface area contributed by atoms with Crippen molar-refractivity contribution in [1.29, 1.82) is 0 Å². The molecule has 2 heterocycles. The highest BCUT2D eigenvalue weighted by atomic mass is 16.5. The lowest BCUT2D eigenvalue weighted by Gasteiger charge is -2.66. The first-order chi connectivity index (χ1) is 10.3. The van der Waals surface area contributed by atoms with Gasteiger partial charge in [-0.25, -0.2) is 0 Å². The Bertz CT molecular complexity index is 443. The summed E-state index contributed by atoms with van der Waals surface area (Å²) in [6.45, 7) is 8.18. The number of nitrogens with zero attached hydrogens (tertiary/aromatic N) is 1. The Morgan fingerprint density at radius 3 is 2.55 bits per heavy atom. The van der Waals surface area contributed by atoms with E-state index in [1.165, 1.54) is 0 Å². The van der Waals surface area contributed by atoms with Gasteiger partial charge in [0, 0.05) is 31.0 Å². The van der Waals surface area contributed by atoms with Crippen molar-refractivity contribution in [3.05, 3.63) is 0 Å². The monoisotopic (exact) mass is 310 g/mol. The number of hydrogen-bond donors (Lipinski definition) is 2. The van der Waals surface area contributed by atoms with Gasteiger partial charge in [-0.2, -0.15) is 0 Å². The molecular weight excluding hydrogens is 280 g/mol. The molecule has 0 bridgehead atoms. The van der Waals surface area contributed by atoms with E-state index < -0.39 is 5.54 Å². The fraction of sp³-hybridized carbons (Fsp3) is 0.941. The maximum Gasteiger partial charge on any atom is 0.243 e. The molecule has 0 aromatic rings. The van der Waals surface area contributed by atoms with Crippen molar-refractivity contribution in [1.82, 2.24) is 4.90 Å². The minimum atomic E-state index is -0.796. The Labute approximate surface area is 133 Å². The molecule has 4 unspecified atom stereocenters. The lowest BCUT2D eigenvalue weighted by molar-refractivity contribution is -0.230. The lowest BCUT2D eigenvalue weighted by atomic mass is 9.46. The number of aliphatic hydroxyl groups excluding tert-OH is 1. The van der Waals surface area contributed by atoms with Crippen molar-refractivity contribution in [2.24, 2.45) is 23.0 Å². The zero-order valence-electron chi connectivity index (χ0n) is 14.0. The standard InChI is InChI=1S/C17H30N2O3/c1-11(20)12-6-8-19(9-7-12)15(21)17(18)13-5-4-10-22-14(13)16(17,2)3/h11-14,20H,4-10,18H2,1-3H3. The van der Waals surface area contributed by atoms with Gasteiger partial charge < -0.3 is 20.5 Å². The van der Waals surface area contributed by atoms with Gasteiger partial charge in [0.25, 0.3) is 0 Å². The molecule has 126 valence electrons. The third kappa shape index (κ3) is 2.13. The number of carbonyl (C=O) groups excluding carboxylic acids is 1. The highest BCUT2D eigenvalue weighted by Gasteiger charge is 2.70. The minimum Gasteiger partial charge on any atom is -0.393 e. The van der Waals surface area contributed by atoms with E-state index in [-0.39, 0.29) is 29.4 Å². The number of hydrogen-bond acceptors (Lipinski definition) is 4. The quantitative estimate of drug-likeness (QED) is 0.802. The molecule has 2 aliphatic heterocycles. The Kier molecular flexibility index (Phi) is 4.03. The molecule has 1 amide bonds. The van der Waals surface area contributed by atoms with Gasteiger partial charge in [-0.3, -0.25) is 4.79 Å². The van der Waals surface area contributed by atoms with Gasteiger partial charge in [-0.15, -0.1) is 0 Å². The van der Waals surface area contributed by atoms with E-state index in [2.05, 4.69) is 13.8 Å². The number of likely N-dealkylation sites (tertiary alicyclic amines) is 1. The summed E-state index contributed by atoms with van der Waals surface area (Å²) in [5.74, 6) is 0.546. The van der Waals surface area contributed by atoms with E-state index in [0.717, 1.165) is 32.3 Å². The highest BCUT2D eigenvalue weighted by Crippen LogP contribution is 2.58. The van der Waals surface area contributed by atoms with Crippen LogP contribution in [0.3, 0.4) is 0 Å². The van der Waals surface area contributed by atoms with Gasteiger partial charge in [-0.1, -0.05) is 13.8 Å². The average molecular weight is 310 g/mol. The van der Waals surface area contributed by atoms with Crippen LogP contribution in [-0.4, -0.2) is 53.4 Å². The van der Waals surface area contributed by atoms with Crippen molar-refractivity contribution in [2.75, 3.05) is 19.7 Å². The summed E-state index contributed by atoms with van der Waals surface area (Å²) in [5.41, 5.74) is 5.58. The second-order valence-electron chi connectivity index (χ2n) is 8.00. The topological polar surface area (TPSA) is 75.8 Å². The molecule has 3 rings (SSSR count). The molecule has 2 saturated heterocycles. The number of aliphatic hydroxyl groups is 1. The molecule has 4 atom stereocenters. The van der Waals surface area contributed by atoms with E-state index in [0.29, 0.717) is 19.0 Å². The lowest BCUT2D eigenvalue weighted by Crippen LogP contribution is -2.82. The molecule has 0 radical (unpaired) electrons. The highest BCUT2D eigenvalue weighted by molar-refractivity contribution is 5.89. The van der Waals surface area contributed by atoms with E-state index in [9.17, 15) is 9.90 Å². The van der Waals surface area contributed by atoms with E-state index in [1.54, 1.807) is 0 Å². The summed E-state index contributed by atoms with van der Waals surface area (Å²) in [5, 5.41) is 9.71. The second-order valence-corrected chi connectivity index (χ2v) is 8.00. The van der Waals surface area contributed by atoms with Crippen molar-refractivity contribution in [3.63, 3.8) is 0 Å². The van der Waals surface area contributed by atoms with Gasteiger partial charge in [-0.05, 0) is 38.5 Å². The van der Waals surface area contributed by atoms with E-state index in [1.807, 2.05) is 11.8 Å². The Hall–Kier alpha value is -0.650. The summed E-state index contributed by atoms with van der Waals surface area (Å²) in [7, 11) is 0. The molecule has 3 aliphatic rings. The molecule has 0 spiro atoms. The SMILES string of the molecule is CC(O)C1CCN(C(=O)C2(N)C3CCCOC3C2(C)C)CC1. The first kappa shape index (κ1) is 16.2. The van der Waals surface area contributed by atoms with Crippen LogP contribution in [0.4, 0.5) is 0 Å². The largest absolute Gasteiger partial charge is 0.393 e. The van der Waals surface area contributed by atoms with Crippen LogP contribution in [0.1, 0.15) is 46.5 Å². The molecule has 1 saturated carbocycles.